The third-order valence-electron chi connectivity index (χ3n) is 3.74. The van der Waals surface area contributed by atoms with Crippen LogP contribution in [0.15, 0.2) is 0 Å². The average molecular weight is 267 g/mol. The van der Waals surface area contributed by atoms with Crippen LogP contribution in [0.25, 0.3) is 0 Å². The largest absolute Gasteiger partial charge is 0.352 e. The molecule has 0 bridgehead atoms. The number of nitrogens with zero attached hydrogens (tertiary/aromatic N) is 1. The van der Waals surface area contributed by atoms with Crippen LogP contribution in [0.3, 0.4) is 0 Å². The van der Waals surface area contributed by atoms with E-state index in [0.29, 0.717) is 0 Å². The second-order valence-electron chi connectivity index (χ2n) is 5.64. The first-order chi connectivity index (χ1) is 8.99. The summed E-state index contributed by atoms with van der Waals surface area (Å²) in [5.41, 5.74) is 0. The Morgan fingerprint density at radius 3 is 2.53 bits per heavy atom. The van der Waals surface area contributed by atoms with Gasteiger partial charge >= 0.3 is 6.03 Å². The van der Waals surface area contributed by atoms with E-state index in [4.69, 9.17) is 0 Å². The van der Waals surface area contributed by atoms with Crippen LogP contribution in [-0.4, -0.2) is 41.4 Å². The van der Waals surface area contributed by atoms with Gasteiger partial charge in [-0.15, -0.1) is 0 Å². The molecule has 1 aliphatic heterocycles. The number of urea groups is 1. The number of carbonyl (C=O) groups is 3. The van der Waals surface area contributed by atoms with Crippen molar-refractivity contribution in [2.75, 3.05) is 6.54 Å². The Morgan fingerprint density at radius 2 is 2.00 bits per heavy atom. The molecule has 0 spiro atoms. The minimum atomic E-state index is -0.508. The van der Waals surface area contributed by atoms with Gasteiger partial charge in [-0.1, -0.05) is 26.7 Å². The summed E-state index contributed by atoms with van der Waals surface area (Å²) in [4.78, 5) is 36.5. The van der Waals surface area contributed by atoms with Crippen LogP contribution in [0.2, 0.25) is 0 Å². The quantitative estimate of drug-likeness (QED) is 0.733. The number of hydrogen-bond acceptors (Lipinski definition) is 3. The number of rotatable bonds is 4. The van der Waals surface area contributed by atoms with Crippen molar-refractivity contribution in [2.45, 2.75) is 51.6 Å². The lowest BCUT2D eigenvalue weighted by atomic mass is 10.1. The van der Waals surface area contributed by atoms with Crippen molar-refractivity contribution in [2.24, 2.45) is 5.92 Å². The predicted octanol–water partition coefficient (Wildman–Crippen LogP) is 0.622. The molecule has 0 radical (unpaired) electrons. The maximum absolute atomic E-state index is 12.0. The highest BCUT2D eigenvalue weighted by atomic mass is 16.2. The Bertz CT molecular complexity index is 389. The molecule has 19 heavy (non-hydrogen) atoms. The fraction of sp³-hybridized carbons (Fsp3) is 0.769. The number of imide groups is 1. The number of carbonyl (C=O) groups excluding carboxylic acids is 3. The first-order valence-electron chi connectivity index (χ1n) is 6.90. The summed E-state index contributed by atoms with van der Waals surface area (Å²) < 4.78 is 0. The normalized spacial score (nSPS) is 24.2. The minimum absolute atomic E-state index is 0.0272. The lowest BCUT2D eigenvalue weighted by molar-refractivity contribution is -0.133. The van der Waals surface area contributed by atoms with Crippen LogP contribution in [0.5, 0.6) is 0 Å². The lowest BCUT2D eigenvalue weighted by Crippen LogP contribution is -2.44. The topological polar surface area (TPSA) is 78.5 Å². The monoisotopic (exact) mass is 267 g/mol. The molecule has 1 saturated carbocycles. The van der Waals surface area contributed by atoms with E-state index in [2.05, 4.69) is 10.6 Å². The van der Waals surface area contributed by atoms with Gasteiger partial charge in [-0.25, -0.2) is 4.79 Å². The molecule has 106 valence electrons. The highest BCUT2D eigenvalue weighted by Crippen LogP contribution is 2.18. The Morgan fingerprint density at radius 1 is 1.37 bits per heavy atom. The SMILES string of the molecule is CC(C)C1NC(=O)N(CC(=O)NC2CCCC2)C1=O. The first-order valence-corrected chi connectivity index (χ1v) is 6.90. The van der Waals surface area contributed by atoms with E-state index in [1.165, 1.54) is 0 Å². The van der Waals surface area contributed by atoms with Crippen molar-refractivity contribution < 1.29 is 14.4 Å². The maximum atomic E-state index is 12.0. The molecule has 1 saturated heterocycles. The predicted molar refractivity (Wildman–Crippen MR) is 69.3 cm³/mol. The van der Waals surface area contributed by atoms with Crippen molar-refractivity contribution in [3.05, 3.63) is 0 Å². The molecule has 6 nitrogen and oxygen atoms in total. The fourth-order valence-electron chi connectivity index (χ4n) is 2.63. The summed E-state index contributed by atoms with van der Waals surface area (Å²) in [6, 6.07) is -0.772. The van der Waals surface area contributed by atoms with E-state index in [0.717, 1.165) is 30.6 Å². The highest BCUT2D eigenvalue weighted by molar-refractivity contribution is 6.06. The molecule has 1 heterocycles. The van der Waals surface area contributed by atoms with Crippen molar-refractivity contribution in [3.63, 3.8) is 0 Å². The van der Waals surface area contributed by atoms with Crippen molar-refractivity contribution in [3.8, 4) is 0 Å². The number of nitrogens with one attached hydrogen (secondary N) is 2. The molecule has 0 aromatic carbocycles. The minimum Gasteiger partial charge on any atom is -0.352 e. The number of amides is 4. The summed E-state index contributed by atoms with van der Waals surface area (Å²) in [7, 11) is 0. The Hall–Kier alpha value is -1.59. The maximum Gasteiger partial charge on any atom is 0.325 e. The number of hydrogen-bond donors (Lipinski definition) is 2. The third kappa shape index (κ3) is 3.05. The van der Waals surface area contributed by atoms with Crippen molar-refractivity contribution in [1.29, 1.82) is 0 Å². The molecule has 0 aromatic rings. The molecule has 2 N–H and O–H groups in total. The van der Waals surface area contributed by atoms with Crippen LogP contribution < -0.4 is 10.6 Å². The first kappa shape index (κ1) is 13.8. The van der Waals surface area contributed by atoms with Crippen LogP contribution in [0.1, 0.15) is 39.5 Å². The van der Waals surface area contributed by atoms with Crippen molar-refractivity contribution in [1.82, 2.24) is 15.5 Å². The third-order valence-corrected chi connectivity index (χ3v) is 3.74. The second-order valence-corrected chi connectivity index (χ2v) is 5.64. The van der Waals surface area contributed by atoms with Gasteiger partial charge in [-0.2, -0.15) is 0 Å². The molecule has 2 rings (SSSR count). The van der Waals surface area contributed by atoms with E-state index >= 15 is 0 Å². The summed E-state index contributed by atoms with van der Waals surface area (Å²) in [6.45, 7) is 3.56. The van der Waals surface area contributed by atoms with Gasteiger partial charge in [0.1, 0.15) is 12.6 Å². The van der Waals surface area contributed by atoms with Crippen LogP contribution in [0, 0.1) is 5.92 Å². The van der Waals surface area contributed by atoms with E-state index in [9.17, 15) is 14.4 Å². The van der Waals surface area contributed by atoms with Gasteiger partial charge in [-0.05, 0) is 18.8 Å². The van der Waals surface area contributed by atoms with E-state index in [1.54, 1.807) is 0 Å². The van der Waals surface area contributed by atoms with E-state index in [1.807, 2.05) is 13.8 Å². The molecular weight excluding hydrogens is 246 g/mol. The van der Waals surface area contributed by atoms with Crippen LogP contribution in [0.4, 0.5) is 4.79 Å². The Kier molecular flexibility index (Phi) is 4.07. The molecule has 1 unspecified atom stereocenters. The van der Waals surface area contributed by atoms with Gasteiger partial charge in [0.05, 0.1) is 0 Å². The Labute approximate surface area is 112 Å². The smallest absolute Gasteiger partial charge is 0.325 e. The molecule has 1 aliphatic carbocycles. The standard InChI is InChI=1S/C13H21N3O3/c1-8(2)11-12(18)16(13(19)15-11)7-10(17)14-9-5-3-4-6-9/h8-9,11H,3-7H2,1-2H3,(H,14,17)(H,15,19). The lowest BCUT2D eigenvalue weighted by Gasteiger charge is -2.16. The van der Waals surface area contributed by atoms with Crippen LogP contribution >= 0.6 is 0 Å². The van der Waals surface area contributed by atoms with E-state index in [-0.39, 0.29) is 30.3 Å². The molecule has 0 aromatic heterocycles. The molecular formula is C13H21N3O3. The fourth-order valence-corrected chi connectivity index (χ4v) is 2.63. The molecule has 1 atom stereocenters. The van der Waals surface area contributed by atoms with Gasteiger partial charge in [-0.3, -0.25) is 14.5 Å². The van der Waals surface area contributed by atoms with Crippen molar-refractivity contribution >= 4 is 17.8 Å². The summed E-state index contributed by atoms with van der Waals surface area (Å²) >= 11 is 0. The summed E-state index contributed by atoms with van der Waals surface area (Å²) in [5, 5.41) is 5.49. The molecule has 2 aliphatic rings. The zero-order chi connectivity index (χ0) is 14.0. The Balaban J connectivity index is 1.89. The van der Waals surface area contributed by atoms with Gasteiger partial charge in [0.25, 0.3) is 5.91 Å². The summed E-state index contributed by atoms with van der Waals surface area (Å²) in [5.74, 6) is -0.527. The van der Waals surface area contributed by atoms with Gasteiger partial charge < -0.3 is 10.6 Å². The zero-order valence-electron chi connectivity index (χ0n) is 11.4. The molecule has 2 fully saturated rings. The molecule has 4 amide bonds. The second kappa shape index (κ2) is 5.59. The molecule has 6 heteroatoms. The van der Waals surface area contributed by atoms with Crippen LogP contribution in [-0.2, 0) is 9.59 Å². The summed E-state index contributed by atoms with van der Waals surface area (Å²) in [6.07, 6.45) is 4.23. The highest BCUT2D eigenvalue weighted by Gasteiger charge is 2.40. The van der Waals surface area contributed by atoms with Gasteiger partial charge in [0.15, 0.2) is 0 Å². The van der Waals surface area contributed by atoms with E-state index < -0.39 is 12.1 Å². The van der Waals surface area contributed by atoms with Gasteiger partial charge in [0.2, 0.25) is 5.91 Å². The average Bonchev–Trinajstić information content (AvgIpc) is 2.92. The zero-order valence-corrected chi connectivity index (χ0v) is 11.4. The van der Waals surface area contributed by atoms with Gasteiger partial charge in [0, 0.05) is 6.04 Å².